The maximum atomic E-state index is 11.1. The van der Waals surface area contributed by atoms with Gasteiger partial charge in [0.05, 0.1) is 6.61 Å². The molecule has 0 aliphatic heterocycles. The molecule has 0 fully saturated rings. The van der Waals surface area contributed by atoms with Crippen LogP contribution in [0.25, 0.3) is 0 Å². The van der Waals surface area contributed by atoms with Gasteiger partial charge in [-0.25, -0.2) is 0 Å². The number of halogens is 2. The lowest BCUT2D eigenvalue weighted by Crippen LogP contribution is -2.02. The third-order valence-electron chi connectivity index (χ3n) is 1.91. The zero-order valence-electron chi connectivity index (χ0n) is 8.59. The molecule has 0 amide bonds. The van der Waals surface area contributed by atoms with E-state index in [1.807, 2.05) is 19.1 Å². The average Bonchev–Trinajstić information content (AvgIpc) is 2.17. The van der Waals surface area contributed by atoms with E-state index in [2.05, 4.69) is 15.9 Å². The first-order chi connectivity index (χ1) is 7.06. The smallest absolute Gasteiger partial charge is 0.152 e. The summed E-state index contributed by atoms with van der Waals surface area (Å²) < 4.78 is 6.12. The molecule has 0 spiro atoms. The number of alkyl halides is 1. The molecule has 0 N–H and O–H groups in total. The second kappa shape index (κ2) is 5.52. The average molecular weight is 292 g/mol. The van der Waals surface area contributed by atoms with Crippen molar-refractivity contribution in [2.45, 2.75) is 19.2 Å². The van der Waals surface area contributed by atoms with Gasteiger partial charge in [-0.3, -0.25) is 4.79 Å². The lowest BCUT2D eigenvalue weighted by atomic mass is 10.1. The number of ketones is 1. The predicted octanol–water partition coefficient (Wildman–Crippen LogP) is 3.72. The predicted molar refractivity (Wildman–Crippen MR) is 64.6 cm³/mol. The molecule has 15 heavy (non-hydrogen) atoms. The van der Waals surface area contributed by atoms with Crippen LogP contribution in [-0.2, 0) is 4.79 Å². The Morgan fingerprint density at radius 3 is 2.73 bits per heavy atom. The summed E-state index contributed by atoms with van der Waals surface area (Å²) in [6, 6.07) is 5.42. The topological polar surface area (TPSA) is 26.3 Å². The standard InChI is InChI=1S/C11H12BrClO2/c1-3-15-8-4-5-9(10(12)6-8)11(13)7(2)14/h4-6,11H,3H2,1-2H3. The van der Waals surface area contributed by atoms with Crippen molar-refractivity contribution < 1.29 is 9.53 Å². The summed E-state index contributed by atoms with van der Waals surface area (Å²) >= 11 is 9.32. The molecule has 1 atom stereocenters. The highest BCUT2D eigenvalue weighted by molar-refractivity contribution is 9.10. The molecule has 4 heteroatoms. The Labute approximate surface area is 103 Å². The molecule has 0 saturated carbocycles. The van der Waals surface area contributed by atoms with E-state index in [9.17, 15) is 4.79 Å². The zero-order chi connectivity index (χ0) is 11.4. The van der Waals surface area contributed by atoms with Gasteiger partial charge in [0, 0.05) is 4.47 Å². The Morgan fingerprint density at radius 1 is 1.60 bits per heavy atom. The van der Waals surface area contributed by atoms with Gasteiger partial charge in [-0.15, -0.1) is 11.6 Å². The molecule has 0 bridgehead atoms. The second-order valence-electron chi connectivity index (χ2n) is 3.09. The van der Waals surface area contributed by atoms with E-state index < -0.39 is 5.38 Å². The number of rotatable bonds is 4. The summed E-state index contributed by atoms with van der Waals surface area (Å²) in [6.07, 6.45) is 0. The Balaban J connectivity index is 2.97. The number of carbonyl (C=O) groups excluding carboxylic acids is 1. The summed E-state index contributed by atoms with van der Waals surface area (Å²) in [6.45, 7) is 4.01. The maximum absolute atomic E-state index is 11.1. The van der Waals surface area contributed by atoms with Gasteiger partial charge < -0.3 is 4.74 Å². The first-order valence-corrected chi connectivity index (χ1v) is 5.86. The van der Waals surface area contributed by atoms with Crippen molar-refractivity contribution in [2.24, 2.45) is 0 Å². The normalized spacial score (nSPS) is 12.3. The maximum Gasteiger partial charge on any atom is 0.152 e. The number of hydrogen-bond donors (Lipinski definition) is 0. The highest BCUT2D eigenvalue weighted by Crippen LogP contribution is 2.31. The van der Waals surface area contributed by atoms with Gasteiger partial charge >= 0.3 is 0 Å². The number of carbonyl (C=O) groups is 1. The lowest BCUT2D eigenvalue weighted by molar-refractivity contribution is -0.116. The van der Waals surface area contributed by atoms with Crippen molar-refractivity contribution in [3.8, 4) is 5.75 Å². The van der Waals surface area contributed by atoms with Gasteiger partial charge in [0.2, 0.25) is 0 Å². The number of hydrogen-bond acceptors (Lipinski definition) is 2. The van der Waals surface area contributed by atoms with E-state index in [1.165, 1.54) is 6.92 Å². The summed E-state index contributed by atoms with van der Waals surface area (Å²) in [7, 11) is 0. The fraction of sp³-hybridized carbons (Fsp3) is 0.364. The van der Waals surface area contributed by atoms with Gasteiger partial charge in [0.15, 0.2) is 5.78 Å². The van der Waals surface area contributed by atoms with E-state index in [0.717, 1.165) is 15.8 Å². The quantitative estimate of drug-likeness (QED) is 0.790. The zero-order valence-corrected chi connectivity index (χ0v) is 10.9. The molecule has 0 heterocycles. The Bertz CT molecular complexity index is 366. The van der Waals surface area contributed by atoms with Gasteiger partial charge in [-0.1, -0.05) is 22.0 Å². The lowest BCUT2D eigenvalue weighted by Gasteiger charge is -2.10. The first-order valence-electron chi connectivity index (χ1n) is 4.63. The van der Waals surface area contributed by atoms with Crippen molar-refractivity contribution in [1.29, 1.82) is 0 Å². The van der Waals surface area contributed by atoms with E-state index in [0.29, 0.717) is 6.61 Å². The van der Waals surface area contributed by atoms with Crippen molar-refractivity contribution in [1.82, 2.24) is 0 Å². The largest absolute Gasteiger partial charge is 0.494 e. The first kappa shape index (κ1) is 12.5. The van der Waals surface area contributed by atoms with Crippen LogP contribution < -0.4 is 4.74 Å². The third-order valence-corrected chi connectivity index (χ3v) is 3.14. The molecular weight excluding hydrogens is 279 g/mol. The van der Waals surface area contributed by atoms with Crippen LogP contribution >= 0.6 is 27.5 Å². The van der Waals surface area contributed by atoms with Crippen LogP contribution in [0.1, 0.15) is 24.8 Å². The van der Waals surface area contributed by atoms with Gasteiger partial charge in [0.1, 0.15) is 11.1 Å². The molecule has 2 nitrogen and oxygen atoms in total. The van der Waals surface area contributed by atoms with Gasteiger partial charge in [-0.05, 0) is 31.5 Å². The highest BCUT2D eigenvalue weighted by atomic mass is 79.9. The van der Waals surface area contributed by atoms with Crippen LogP contribution in [-0.4, -0.2) is 12.4 Å². The van der Waals surface area contributed by atoms with Crippen LogP contribution in [0.4, 0.5) is 0 Å². The number of benzene rings is 1. The third kappa shape index (κ3) is 3.21. The molecule has 1 rings (SSSR count). The van der Waals surface area contributed by atoms with E-state index >= 15 is 0 Å². The van der Waals surface area contributed by atoms with Gasteiger partial charge in [-0.2, -0.15) is 0 Å². The number of ether oxygens (including phenoxy) is 1. The van der Waals surface area contributed by atoms with E-state index in [4.69, 9.17) is 16.3 Å². The fourth-order valence-corrected chi connectivity index (χ4v) is 2.10. The molecule has 1 aromatic carbocycles. The van der Waals surface area contributed by atoms with Crippen LogP contribution in [0.2, 0.25) is 0 Å². The summed E-state index contributed by atoms with van der Waals surface area (Å²) in [5, 5.41) is -0.602. The monoisotopic (exact) mass is 290 g/mol. The van der Waals surface area contributed by atoms with Crippen LogP contribution in [0, 0.1) is 0 Å². The molecule has 1 aromatic rings. The molecule has 1 unspecified atom stereocenters. The van der Waals surface area contributed by atoms with Crippen molar-refractivity contribution in [2.75, 3.05) is 6.61 Å². The van der Waals surface area contributed by atoms with Crippen LogP contribution in [0.5, 0.6) is 5.75 Å². The molecular formula is C11H12BrClO2. The summed E-state index contributed by atoms with van der Waals surface area (Å²) in [5.74, 6) is 0.696. The minimum atomic E-state index is -0.602. The van der Waals surface area contributed by atoms with Crippen molar-refractivity contribution in [3.05, 3.63) is 28.2 Å². The molecule has 0 saturated heterocycles. The molecule has 82 valence electrons. The second-order valence-corrected chi connectivity index (χ2v) is 4.38. The van der Waals surface area contributed by atoms with Crippen LogP contribution in [0.15, 0.2) is 22.7 Å². The van der Waals surface area contributed by atoms with Crippen molar-refractivity contribution in [3.63, 3.8) is 0 Å². The summed E-state index contributed by atoms with van der Waals surface area (Å²) in [4.78, 5) is 11.1. The molecule has 0 aliphatic carbocycles. The molecule has 0 aromatic heterocycles. The minimum Gasteiger partial charge on any atom is -0.494 e. The Morgan fingerprint density at radius 2 is 2.27 bits per heavy atom. The minimum absolute atomic E-state index is 0.0680. The Hall–Kier alpha value is -0.540. The summed E-state index contributed by atoms with van der Waals surface area (Å²) in [5.41, 5.74) is 0.771. The fourth-order valence-electron chi connectivity index (χ4n) is 1.19. The Kier molecular flexibility index (Phi) is 4.61. The molecule has 0 radical (unpaired) electrons. The van der Waals surface area contributed by atoms with Crippen LogP contribution in [0.3, 0.4) is 0 Å². The van der Waals surface area contributed by atoms with Crippen molar-refractivity contribution >= 4 is 33.3 Å². The molecule has 0 aliphatic rings. The van der Waals surface area contributed by atoms with Gasteiger partial charge in [0.25, 0.3) is 0 Å². The highest BCUT2D eigenvalue weighted by Gasteiger charge is 2.16. The number of Topliss-reactive ketones (excluding diaryl/α,β-unsaturated/α-hetero) is 1. The SMILES string of the molecule is CCOc1ccc(C(Cl)C(C)=O)c(Br)c1. The van der Waals surface area contributed by atoms with E-state index in [1.54, 1.807) is 6.07 Å². The van der Waals surface area contributed by atoms with E-state index in [-0.39, 0.29) is 5.78 Å².